The SMILES string of the molecule is COc1ccc([C@@]23CCC(=O)N2c2ccccc2N3)cc1. The van der Waals surface area contributed by atoms with E-state index in [1.165, 1.54) is 0 Å². The Labute approximate surface area is 123 Å². The molecule has 0 saturated carbocycles. The first-order chi connectivity index (χ1) is 10.2. The van der Waals surface area contributed by atoms with Gasteiger partial charge in [0.25, 0.3) is 0 Å². The number of amides is 1. The van der Waals surface area contributed by atoms with Gasteiger partial charge in [0.05, 0.1) is 18.5 Å². The number of anilines is 2. The monoisotopic (exact) mass is 280 g/mol. The maximum Gasteiger partial charge on any atom is 0.229 e. The second-order valence-electron chi connectivity index (χ2n) is 5.46. The molecule has 1 saturated heterocycles. The number of nitrogens with one attached hydrogen (secondary N) is 1. The molecule has 2 aliphatic heterocycles. The molecule has 21 heavy (non-hydrogen) atoms. The number of benzene rings is 2. The van der Waals surface area contributed by atoms with E-state index in [0.29, 0.717) is 6.42 Å². The number of ether oxygens (including phenoxy) is 1. The molecule has 2 aromatic carbocycles. The Morgan fingerprint density at radius 2 is 1.90 bits per heavy atom. The number of rotatable bonds is 2. The minimum absolute atomic E-state index is 0.170. The molecule has 2 heterocycles. The van der Waals surface area contributed by atoms with Crippen molar-refractivity contribution in [1.82, 2.24) is 0 Å². The fraction of sp³-hybridized carbons (Fsp3) is 0.235. The van der Waals surface area contributed by atoms with Gasteiger partial charge in [-0.05, 0) is 29.8 Å². The Kier molecular flexibility index (Phi) is 2.48. The molecule has 0 aromatic heterocycles. The Hall–Kier alpha value is -2.49. The Balaban J connectivity index is 1.84. The first-order valence-electron chi connectivity index (χ1n) is 7.09. The number of carbonyl (C=O) groups excluding carboxylic acids is 1. The lowest BCUT2D eigenvalue weighted by Gasteiger charge is -2.33. The van der Waals surface area contributed by atoms with E-state index < -0.39 is 5.66 Å². The molecule has 0 bridgehead atoms. The van der Waals surface area contributed by atoms with Gasteiger partial charge < -0.3 is 10.1 Å². The van der Waals surface area contributed by atoms with Gasteiger partial charge in [0.1, 0.15) is 11.4 Å². The quantitative estimate of drug-likeness (QED) is 0.919. The van der Waals surface area contributed by atoms with Gasteiger partial charge in [-0.1, -0.05) is 24.3 Å². The van der Waals surface area contributed by atoms with Crippen molar-refractivity contribution in [2.24, 2.45) is 0 Å². The van der Waals surface area contributed by atoms with E-state index in [9.17, 15) is 4.79 Å². The van der Waals surface area contributed by atoms with Crippen LogP contribution in [0.25, 0.3) is 0 Å². The summed E-state index contributed by atoms with van der Waals surface area (Å²) in [7, 11) is 1.66. The van der Waals surface area contributed by atoms with Gasteiger partial charge in [0, 0.05) is 12.8 Å². The second-order valence-corrected chi connectivity index (χ2v) is 5.46. The van der Waals surface area contributed by atoms with E-state index in [1.54, 1.807) is 7.11 Å². The van der Waals surface area contributed by atoms with Gasteiger partial charge in [0.2, 0.25) is 5.91 Å². The Bertz CT molecular complexity index is 711. The normalized spacial score (nSPS) is 22.7. The Morgan fingerprint density at radius 3 is 2.67 bits per heavy atom. The lowest BCUT2D eigenvalue weighted by Crippen LogP contribution is -2.44. The molecule has 0 unspecified atom stereocenters. The van der Waals surface area contributed by atoms with Crippen molar-refractivity contribution in [3.05, 3.63) is 54.1 Å². The minimum Gasteiger partial charge on any atom is -0.497 e. The van der Waals surface area contributed by atoms with E-state index >= 15 is 0 Å². The number of fused-ring (bicyclic) bond motifs is 3. The smallest absolute Gasteiger partial charge is 0.229 e. The van der Waals surface area contributed by atoms with E-state index in [4.69, 9.17) is 4.74 Å². The van der Waals surface area contributed by atoms with Gasteiger partial charge in [0.15, 0.2) is 0 Å². The minimum atomic E-state index is -0.451. The van der Waals surface area contributed by atoms with Crippen LogP contribution in [0.2, 0.25) is 0 Å². The van der Waals surface area contributed by atoms with Crippen LogP contribution in [-0.2, 0) is 10.5 Å². The van der Waals surface area contributed by atoms with Crippen LogP contribution in [-0.4, -0.2) is 13.0 Å². The summed E-state index contributed by atoms with van der Waals surface area (Å²) in [5, 5.41) is 3.56. The average molecular weight is 280 g/mol. The molecule has 4 rings (SSSR count). The summed E-state index contributed by atoms with van der Waals surface area (Å²) in [6, 6.07) is 15.9. The zero-order chi connectivity index (χ0) is 14.4. The maximum absolute atomic E-state index is 12.4. The molecule has 1 atom stereocenters. The topological polar surface area (TPSA) is 41.6 Å². The van der Waals surface area contributed by atoms with Gasteiger partial charge in [-0.15, -0.1) is 0 Å². The number of carbonyl (C=O) groups is 1. The Morgan fingerprint density at radius 1 is 1.14 bits per heavy atom. The zero-order valence-electron chi connectivity index (χ0n) is 11.8. The number of hydrogen-bond donors (Lipinski definition) is 1. The van der Waals surface area contributed by atoms with Crippen LogP contribution >= 0.6 is 0 Å². The van der Waals surface area contributed by atoms with E-state index in [-0.39, 0.29) is 5.91 Å². The van der Waals surface area contributed by atoms with Crippen molar-refractivity contribution >= 4 is 17.3 Å². The summed E-state index contributed by atoms with van der Waals surface area (Å²) in [5.74, 6) is 0.991. The van der Waals surface area contributed by atoms with Crippen molar-refractivity contribution in [2.75, 3.05) is 17.3 Å². The van der Waals surface area contributed by atoms with Crippen molar-refractivity contribution in [1.29, 1.82) is 0 Å². The van der Waals surface area contributed by atoms with Crippen molar-refractivity contribution in [3.63, 3.8) is 0 Å². The first kappa shape index (κ1) is 12.3. The molecular weight excluding hydrogens is 264 g/mol. The summed E-state index contributed by atoms with van der Waals surface area (Å²) in [4.78, 5) is 14.3. The van der Waals surface area contributed by atoms with Gasteiger partial charge in [-0.25, -0.2) is 0 Å². The summed E-state index contributed by atoms with van der Waals surface area (Å²) in [6.45, 7) is 0. The number of methoxy groups -OCH3 is 1. The van der Waals surface area contributed by atoms with Crippen LogP contribution < -0.4 is 15.0 Å². The predicted molar refractivity (Wildman–Crippen MR) is 81.5 cm³/mol. The molecule has 4 heteroatoms. The van der Waals surface area contributed by atoms with Crippen molar-refractivity contribution < 1.29 is 9.53 Å². The maximum atomic E-state index is 12.4. The summed E-state index contributed by atoms with van der Waals surface area (Å²) in [6.07, 6.45) is 1.33. The van der Waals surface area contributed by atoms with Gasteiger partial charge in [-0.2, -0.15) is 0 Å². The fourth-order valence-corrected chi connectivity index (χ4v) is 3.39. The molecule has 0 radical (unpaired) electrons. The van der Waals surface area contributed by atoms with Crippen LogP contribution in [0.5, 0.6) is 5.75 Å². The number of hydrogen-bond acceptors (Lipinski definition) is 3. The summed E-state index contributed by atoms with van der Waals surface area (Å²) in [5.41, 5.74) is 2.62. The first-order valence-corrected chi connectivity index (χ1v) is 7.09. The summed E-state index contributed by atoms with van der Waals surface area (Å²) >= 11 is 0. The van der Waals surface area contributed by atoms with Crippen LogP contribution in [0.15, 0.2) is 48.5 Å². The standard InChI is InChI=1S/C17H16N2O2/c1-21-13-8-6-12(7-9-13)17-11-10-16(20)19(17)15-5-3-2-4-14(15)18-17/h2-9,18H,10-11H2,1H3/t17-/m1/s1. The molecule has 0 spiro atoms. The molecule has 1 amide bonds. The van der Waals surface area contributed by atoms with E-state index in [2.05, 4.69) is 5.32 Å². The molecule has 2 aliphatic rings. The highest BCUT2D eigenvalue weighted by Crippen LogP contribution is 2.51. The van der Waals surface area contributed by atoms with Crippen LogP contribution in [0.3, 0.4) is 0 Å². The van der Waals surface area contributed by atoms with Crippen LogP contribution in [0.4, 0.5) is 11.4 Å². The highest BCUT2D eigenvalue weighted by molar-refractivity contribution is 6.04. The third kappa shape index (κ3) is 1.59. The third-order valence-corrected chi connectivity index (χ3v) is 4.39. The fourth-order valence-electron chi connectivity index (χ4n) is 3.39. The van der Waals surface area contributed by atoms with E-state index in [1.807, 2.05) is 53.4 Å². The van der Waals surface area contributed by atoms with Gasteiger partial charge in [-0.3, -0.25) is 9.69 Å². The highest BCUT2D eigenvalue weighted by Gasteiger charge is 2.52. The van der Waals surface area contributed by atoms with E-state index in [0.717, 1.165) is 29.1 Å². The van der Waals surface area contributed by atoms with Crippen molar-refractivity contribution in [3.8, 4) is 5.75 Å². The summed E-state index contributed by atoms with van der Waals surface area (Å²) < 4.78 is 5.22. The van der Waals surface area contributed by atoms with Crippen LogP contribution in [0, 0.1) is 0 Å². The lowest BCUT2D eigenvalue weighted by atomic mass is 9.97. The second kappa shape index (κ2) is 4.25. The molecular formula is C17H16N2O2. The average Bonchev–Trinajstić information content (AvgIpc) is 3.03. The van der Waals surface area contributed by atoms with Crippen LogP contribution in [0.1, 0.15) is 18.4 Å². The highest BCUT2D eigenvalue weighted by atomic mass is 16.5. The largest absolute Gasteiger partial charge is 0.497 e. The lowest BCUT2D eigenvalue weighted by molar-refractivity contribution is -0.117. The molecule has 1 fully saturated rings. The zero-order valence-corrected chi connectivity index (χ0v) is 11.8. The third-order valence-electron chi connectivity index (χ3n) is 4.39. The van der Waals surface area contributed by atoms with Crippen molar-refractivity contribution in [2.45, 2.75) is 18.5 Å². The number of nitrogens with zero attached hydrogens (tertiary/aromatic N) is 1. The molecule has 4 nitrogen and oxygen atoms in total. The molecule has 0 aliphatic carbocycles. The predicted octanol–water partition coefficient (Wildman–Crippen LogP) is 3.10. The number of para-hydroxylation sites is 2. The van der Waals surface area contributed by atoms with Gasteiger partial charge >= 0.3 is 0 Å². The molecule has 106 valence electrons. The molecule has 2 aromatic rings. The molecule has 1 N–H and O–H groups in total.